The van der Waals surface area contributed by atoms with E-state index in [-0.39, 0.29) is 12.1 Å². The second-order valence-corrected chi connectivity index (χ2v) is 11.3. The van der Waals surface area contributed by atoms with Crippen LogP contribution in [0.2, 0.25) is 0 Å². The molecule has 1 saturated heterocycles. The first-order chi connectivity index (χ1) is 19.1. The van der Waals surface area contributed by atoms with Gasteiger partial charge >= 0.3 is 6.09 Å². The lowest BCUT2D eigenvalue weighted by molar-refractivity contribution is 0.0218. The van der Waals surface area contributed by atoms with Crippen molar-refractivity contribution in [1.29, 1.82) is 0 Å². The van der Waals surface area contributed by atoms with E-state index in [1.54, 1.807) is 4.90 Å². The van der Waals surface area contributed by atoms with Crippen molar-refractivity contribution in [3.8, 4) is 0 Å². The second kappa shape index (κ2) is 11.1. The molecule has 8 nitrogen and oxygen atoms in total. The Bertz CT molecular complexity index is 1480. The fraction of sp³-hybridized carbons (Fsp3) is 0.375. The molecule has 0 unspecified atom stereocenters. The lowest BCUT2D eigenvalue weighted by atomic mass is 10.0. The van der Waals surface area contributed by atoms with Crippen LogP contribution in [-0.2, 0) is 11.2 Å². The standard InChI is InChI=1S/C32H38N6O2/c1-7-26-29(34-28(24-14-10-8-11-15-24)25-16-12-9-13-17-25)30-33-27(20-22(2)38(30)35-26)37-19-18-36(21-23(37)3)31(39)40-32(4,5)6/h8-17,20,23H,7,18-19,21H2,1-6H3/t23-/m1/s1. The molecule has 1 fully saturated rings. The summed E-state index contributed by atoms with van der Waals surface area (Å²) in [6.45, 7) is 13.7. The Hall–Kier alpha value is -4.20. The van der Waals surface area contributed by atoms with Crippen LogP contribution in [0.1, 0.15) is 57.1 Å². The van der Waals surface area contributed by atoms with Crippen molar-refractivity contribution in [3.05, 3.63) is 89.2 Å². The Morgan fingerprint density at radius 3 is 2.20 bits per heavy atom. The second-order valence-electron chi connectivity index (χ2n) is 11.3. The van der Waals surface area contributed by atoms with Gasteiger partial charge in [0.2, 0.25) is 0 Å². The minimum Gasteiger partial charge on any atom is -0.444 e. The van der Waals surface area contributed by atoms with E-state index in [1.165, 1.54) is 0 Å². The van der Waals surface area contributed by atoms with Crippen molar-refractivity contribution in [2.24, 2.45) is 4.99 Å². The van der Waals surface area contributed by atoms with Gasteiger partial charge in [0.15, 0.2) is 5.65 Å². The van der Waals surface area contributed by atoms with Gasteiger partial charge in [-0.05, 0) is 41.0 Å². The minimum atomic E-state index is -0.518. The van der Waals surface area contributed by atoms with Crippen LogP contribution in [0.5, 0.6) is 0 Å². The van der Waals surface area contributed by atoms with E-state index in [0.29, 0.717) is 19.6 Å². The number of carbonyl (C=O) groups is 1. The van der Waals surface area contributed by atoms with Gasteiger partial charge in [0.1, 0.15) is 17.1 Å². The number of ether oxygens (including phenoxy) is 1. The predicted molar refractivity (Wildman–Crippen MR) is 160 cm³/mol. The summed E-state index contributed by atoms with van der Waals surface area (Å²) in [7, 11) is 0. The Morgan fingerprint density at radius 2 is 1.65 bits per heavy atom. The van der Waals surface area contributed by atoms with Crippen LogP contribution in [0.3, 0.4) is 0 Å². The first kappa shape index (κ1) is 27.4. The highest BCUT2D eigenvalue weighted by molar-refractivity contribution is 6.14. The van der Waals surface area contributed by atoms with Crippen molar-refractivity contribution in [2.45, 2.75) is 59.6 Å². The van der Waals surface area contributed by atoms with Crippen molar-refractivity contribution in [1.82, 2.24) is 19.5 Å². The Labute approximate surface area is 236 Å². The molecule has 1 aliphatic rings. The molecule has 4 aromatic rings. The van der Waals surface area contributed by atoms with Crippen LogP contribution in [0.4, 0.5) is 16.3 Å². The van der Waals surface area contributed by atoms with E-state index < -0.39 is 5.60 Å². The van der Waals surface area contributed by atoms with Gasteiger partial charge < -0.3 is 14.5 Å². The molecule has 2 aromatic carbocycles. The van der Waals surface area contributed by atoms with Gasteiger partial charge in [-0.2, -0.15) is 5.10 Å². The van der Waals surface area contributed by atoms with E-state index >= 15 is 0 Å². The molecule has 40 heavy (non-hydrogen) atoms. The molecule has 8 heteroatoms. The number of aromatic nitrogens is 3. The van der Waals surface area contributed by atoms with Crippen LogP contribution in [0, 0.1) is 6.92 Å². The fourth-order valence-corrected chi connectivity index (χ4v) is 5.07. The van der Waals surface area contributed by atoms with Crippen molar-refractivity contribution >= 4 is 29.0 Å². The van der Waals surface area contributed by atoms with Crippen LogP contribution < -0.4 is 4.90 Å². The topological polar surface area (TPSA) is 75.3 Å². The number of fused-ring (bicyclic) bond motifs is 1. The van der Waals surface area contributed by atoms with Crippen molar-refractivity contribution in [3.63, 3.8) is 0 Å². The highest BCUT2D eigenvalue weighted by Gasteiger charge is 2.31. The van der Waals surface area contributed by atoms with Gasteiger partial charge in [-0.25, -0.2) is 19.3 Å². The Morgan fingerprint density at radius 1 is 1.02 bits per heavy atom. The molecular formula is C32H38N6O2. The zero-order chi connectivity index (χ0) is 28.4. The molecular weight excluding hydrogens is 500 g/mol. The maximum atomic E-state index is 12.7. The molecule has 3 heterocycles. The number of rotatable bonds is 5. The Kier molecular flexibility index (Phi) is 7.61. The molecule has 208 valence electrons. The molecule has 0 saturated carbocycles. The molecule has 0 radical (unpaired) electrons. The number of benzene rings is 2. The summed E-state index contributed by atoms with van der Waals surface area (Å²) in [5, 5.41) is 4.90. The highest BCUT2D eigenvalue weighted by atomic mass is 16.6. The third-order valence-corrected chi connectivity index (χ3v) is 7.03. The smallest absolute Gasteiger partial charge is 0.410 e. The summed E-state index contributed by atoms with van der Waals surface area (Å²) in [6, 6.07) is 22.6. The molecule has 0 aliphatic carbocycles. The van der Waals surface area contributed by atoms with Crippen LogP contribution in [-0.4, -0.2) is 62.6 Å². The largest absolute Gasteiger partial charge is 0.444 e. The molecule has 1 amide bonds. The molecule has 5 rings (SSSR count). The fourth-order valence-electron chi connectivity index (χ4n) is 5.07. The monoisotopic (exact) mass is 538 g/mol. The van der Waals surface area contributed by atoms with Gasteiger partial charge in [0, 0.05) is 48.6 Å². The third kappa shape index (κ3) is 5.71. The average molecular weight is 539 g/mol. The van der Waals surface area contributed by atoms with E-state index in [9.17, 15) is 4.79 Å². The van der Waals surface area contributed by atoms with E-state index in [1.807, 2.05) is 61.7 Å². The molecule has 0 N–H and O–H groups in total. The van der Waals surface area contributed by atoms with Gasteiger partial charge in [-0.1, -0.05) is 67.6 Å². The molecule has 1 atom stereocenters. The number of anilines is 1. The number of hydrogen-bond donors (Lipinski definition) is 0. The molecule has 1 aliphatic heterocycles. The van der Waals surface area contributed by atoms with Crippen molar-refractivity contribution < 1.29 is 9.53 Å². The highest BCUT2D eigenvalue weighted by Crippen LogP contribution is 2.31. The number of carbonyl (C=O) groups excluding carboxylic acids is 1. The van der Waals surface area contributed by atoms with Gasteiger partial charge in [0.25, 0.3) is 0 Å². The first-order valence-electron chi connectivity index (χ1n) is 14.0. The summed E-state index contributed by atoms with van der Waals surface area (Å²) >= 11 is 0. The van der Waals surface area contributed by atoms with E-state index in [0.717, 1.165) is 51.8 Å². The van der Waals surface area contributed by atoms with Crippen LogP contribution in [0.15, 0.2) is 71.7 Å². The lowest BCUT2D eigenvalue weighted by Gasteiger charge is -2.40. The van der Waals surface area contributed by atoms with Gasteiger partial charge in [-0.15, -0.1) is 0 Å². The number of piperazine rings is 1. The van der Waals surface area contributed by atoms with E-state index in [2.05, 4.69) is 56.0 Å². The number of aryl methyl sites for hydroxylation is 2. The zero-order valence-corrected chi connectivity index (χ0v) is 24.3. The predicted octanol–water partition coefficient (Wildman–Crippen LogP) is 6.21. The van der Waals surface area contributed by atoms with Gasteiger partial charge in [-0.3, -0.25) is 0 Å². The summed E-state index contributed by atoms with van der Waals surface area (Å²) in [5.41, 5.74) is 5.85. The number of amides is 1. The molecule has 0 bridgehead atoms. The third-order valence-electron chi connectivity index (χ3n) is 7.03. The van der Waals surface area contributed by atoms with E-state index in [4.69, 9.17) is 19.8 Å². The Balaban J connectivity index is 1.55. The maximum absolute atomic E-state index is 12.7. The maximum Gasteiger partial charge on any atom is 0.410 e. The van der Waals surface area contributed by atoms with Crippen LogP contribution >= 0.6 is 0 Å². The summed E-state index contributed by atoms with van der Waals surface area (Å²) < 4.78 is 7.51. The number of hydrogen-bond acceptors (Lipinski definition) is 6. The first-order valence-corrected chi connectivity index (χ1v) is 14.0. The zero-order valence-electron chi connectivity index (χ0n) is 24.3. The number of nitrogens with zero attached hydrogens (tertiary/aromatic N) is 6. The molecule has 0 spiro atoms. The summed E-state index contributed by atoms with van der Waals surface area (Å²) in [5.74, 6) is 0.862. The lowest BCUT2D eigenvalue weighted by Crippen LogP contribution is -2.54. The van der Waals surface area contributed by atoms with Gasteiger partial charge in [0.05, 0.1) is 11.4 Å². The van der Waals surface area contributed by atoms with Crippen molar-refractivity contribution in [2.75, 3.05) is 24.5 Å². The normalized spacial score (nSPS) is 15.8. The quantitative estimate of drug-likeness (QED) is 0.282. The summed E-state index contributed by atoms with van der Waals surface area (Å²) in [6.07, 6.45) is 0.464. The van der Waals surface area contributed by atoms with Crippen LogP contribution in [0.25, 0.3) is 5.65 Å². The summed E-state index contributed by atoms with van der Waals surface area (Å²) in [4.78, 5) is 27.1. The average Bonchev–Trinajstić information content (AvgIpc) is 3.29. The minimum absolute atomic E-state index is 0.0698. The molecule has 2 aromatic heterocycles. The SMILES string of the molecule is CCc1nn2c(C)cc(N3CCN(C(=O)OC(C)(C)C)C[C@H]3C)nc2c1N=C(c1ccccc1)c1ccccc1. The number of aliphatic imine (C=N–C) groups is 1.